The molecule has 0 aromatic carbocycles. The Kier molecular flexibility index (Phi) is 5.72. The molecule has 0 unspecified atom stereocenters. The van der Waals surface area contributed by atoms with E-state index in [0.29, 0.717) is 12.4 Å². The van der Waals surface area contributed by atoms with Crippen molar-refractivity contribution in [1.29, 1.82) is 0 Å². The van der Waals surface area contributed by atoms with Crippen molar-refractivity contribution in [2.24, 2.45) is 5.73 Å². The first-order valence-corrected chi connectivity index (χ1v) is 6.58. The summed E-state index contributed by atoms with van der Waals surface area (Å²) in [4.78, 5) is 6.47. The van der Waals surface area contributed by atoms with Crippen LogP contribution in [0.1, 0.15) is 26.3 Å². The van der Waals surface area contributed by atoms with Crippen LogP contribution in [0.25, 0.3) is 0 Å². The molecular weight excluding hydrogens is 242 g/mol. The van der Waals surface area contributed by atoms with Gasteiger partial charge in [-0.15, -0.1) is 0 Å². The van der Waals surface area contributed by atoms with Crippen molar-refractivity contribution < 1.29 is 9.84 Å². The van der Waals surface area contributed by atoms with Gasteiger partial charge in [0, 0.05) is 29.9 Å². The molecule has 5 heteroatoms. The van der Waals surface area contributed by atoms with Crippen LogP contribution in [0.15, 0.2) is 18.3 Å². The van der Waals surface area contributed by atoms with Gasteiger partial charge in [0.25, 0.3) is 0 Å². The van der Waals surface area contributed by atoms with Crippen molar-refractivity contribution in [2.75, 3.05) is 26.8 Å². The van der Waals surface area contributed by atoms with Gasteiger partial charge in [0.1, 0.15) is 0 Å². The highest BCUT2D eigenvalue weighted by Crippen LogP contribution is 2.32. The van der Waals surface area contributed by atoms with Gasteiger partial charge in [-0.1, -0.05) is 13.0 Å². The summed E-state index contributed by atoms with van der Waals surface area (Å²) in [5, 5.41) is 9.13. The molecule has 108 valence electrons. The summed E-state index contributed by atoms with van der Waals surface area (Å²) >= 11 is 0. The second-order valence-electron chi connectivity index (χ2n) is 5.10. The van der Waals surface area contributed by atoms with E-state index >= 15 is 0 Å². The van der Waals surface area contributed by atoms with E-state index in [1.165, 1.54) is 0 Å². The van der Waals surface area contributed by atoms with Gasteiger partial charge in [-0.2, -0.15) is 0 Å². The standard InChI is InChI=1S/C14H25N3O2/c1-5-17(9-11(15)10-18)14(2,3)12-7-6-8-16-13(12)19-4/h6-8,11,18H,5,9-10,15H2,1-4H3/t11-/m1/s1. The van der Waals surface area contributed by atoms with E-state index in [1.54, 1.807) is 13.3 Å². The number of rotatable bonds is 7. The molecule has 0 aliphatic rings. The minimum atomic E-state index is -0.263. The molecule has 3 N–H and O–H groups in total. The molecular formula is C14H25N3O2. The van der Waals surface area contributed by atoms with E-state index in [1.807, 2.05) is 12.1 Å². The minimum Gasteiger partial charge on any atom is -0.481 e. The molecule has 0 fully saturated rings. The van der Waals surface area contributed by atoms with E-state index in [9.17, 15) is 0 Å². The number of hydrogen-bond donors (Lipinski definition) is 2. The lowest BCUT2D eigenvalue weighted by Gasteiger charge is -2.39. The van der Waals surface area contributed by atoms with E-state index in [-0.39, 0.29) is 18.2 Å². The molecule has 19 heavy (non-hydrogen) atoms. The predicted molar refractivity (Wildman–Crippen MR) is 76.1 cm³/mol. The fraction of sp³-hybridized carbons (Fsp3) is 0.643. The molecule has 0 saturated heterocycles. The molecule has 1 heterocycles. The summed E-state index contributed by atoms with van der Waals surface area (Å²) in [6.45, 7) is 7.74. The molecule has 0 saturated carbocycles. The van der Waals surface area contributed by atoms with Gasteiger partial charge < -0.3 is 15.6 Å². The summed E-state index contributed by atoms with van der Waals surface area (Å²) in [7, 11) is 1.62. The lowest BCUT2D eigenvalue weighted by molar-refractivity contribution is 0.101. The number of pyridine rings is 1. The van der Waals surface area contributed by atoms with Crippen LogP contribution < -0.4 is 10.5 Å². The Labute approximate surface area is 115 Å². The number of aliphatic hydroxyl groups excluding tert-OH is 1. The number of ether oxygens (including phenoxy) is 1. The van der Waals surface area contributed by atoms with Gasteiger partial charge in [0.15, 0.2) is 0 Å². The first-order valence-electron chi connectivity index (χ1n) is 6.58. The largest absolute Gasteiger partial charge is 0.481 e. The highest BCUT2D eigenvalue weighted by molar-refractivity contribution is 5.32. The Morgan fingerprint density at radius 1 is 1.53 bits per heavy atom. The normalized spacial score (nSPS) is 13.6. The second-order valence-corrected chi connectivity index (χ2v) is 5.10. The molecule has 0 amide bonds. The summed E-state index contributed by atoms with van der Waals surface area (Å²) in [5.74, 6) is 0.628. The molecule has 0 radical (unpaired) electrons. The lowest BCUT2D eigenvalue weighted by atomic mass is 9.92. The molecule has 0 spiro atoms. The highest BCUT2D eigenvalue weighted by atomic mass is 16.5. The zero-order valence-electron chi connectivity index (χ0n) is 12.3. The van der Waals surface area contributed by atoms with Gasteiger partial charge in [0.2, 0.25) is 5.88 Å². The van der Waals surface area contributed by atoms with Crippen LogP contribution in [0.4, 0.5) is 0 Å². The van der Waals surface area contributed by atoms with Crippen LogP contribution in [0.2, 0.25) is 0 Å². The Hall–Kier alpha value is -1.17. The van der Waals surface area contributed by atoms with Crippen molar-refractivity contribution in [1.82, 2.24) is 9.88 Å². The third kappa shape index (κ3) is 3.65. The van der Waals surface area contributed by atoms with Gasteiger partial charge >= 0.3 is 0 Å². The molecule has 5 nitrogen and oxygen atoms in total. The molecule has 1 aromatic heterocycles. The smallest absolute Gasteiger partial charge is 0.218 e. The minimum absolute atomic E-state index is 0.0171. The van der Waals surface area contributed by atoms with Crippen molar-refractivity contribution in [3.8, 4) is 5.88 Å². The third-order valence-electron chi connectivity index (χ3n) is 3.49. The van der Waals surface area contributed by atoms with Crippen molar-refractivity contribution >= 4 is 0 Å². The highest BCUT2D eigenvalue weighted by Gasteiger charge is 2.31. The maximum atomic E-state index is 9.13. The van der Waals surface area contributed by atoms with E-state index in [4.69, 9.17) is 15.6 Å². The van der Waals surface area contributed by atoms with Crippen LogP contribution in [-0.2, 0) is 5.54 Å². The number of hydrogen-bond acceptors (Lipinski definition) is 5. The van der Waals surface area contributed by atoms with Gasteiger partial charge in [0.05, 0.1) is 13.7 Å². The van der Waals surface area contributed by atoms with E-state index < -0.39 is 0 Å². The monoisotopic (exact) mass is 267 g/mol. The fourth-order valence-electron chi connectivity index (χ4n) is 2.28. The zero-order chi connectivity index (χ0) is 14.5. The topological polar surface area (TPSA) is 71.6 Å². The Bertz CT molecular complexity index is 396. The van der Waals surface area contributed by atoms with Crippen molar-refractivity contribution in [3.05, 3.63) is 23.9 Å². The van der Waals surface area contributed by atoms with Crippen LogP contribution in [0.5, 0.6) is 5.88 Å². The molecule has 0 aliphatic heterocycles. The average molecular weight is 267 g/mol. The average Bonchev–Trinajstić information content (AvgIpc) is 2.43. The fourth-order valence-corrected chi connectivity index (χ4v) is 2.28. The van der Waals surface area contributed by atoms with Crippen LogP contribution in [-0.4, -0.2) is 47.8 Å². The Balaban J connectivity index is 3.05. The van der Waals surface area contributed by atoms with E-state index in [2.05, 4.69) is 30.7 Å². The Morgan fingerprint density at radius 2 is 2.21 bits per heavy atom. The van der Waals surface area contributed by atoms with Crippen molar-refractivity contribution in [2.45, 2.75) is 32.4 Å². The van der Waals surface area contributed by atoms with E-state index in [0.717, 1.165) is 12.1 Å². The summed E-state index contributed by atoms with van der Waals surface area (Å²) in [6.07, 6.45) is 1.72. The molecule has 1 rings (SSSR count). The number of nitrogens with zero attached hydrogens (tertiary/aromatic N) is 2. The lowest BCUT2D eigenvalue weighted by Crippen LogP contribution is -2.48. The van der Waals surface area contributed by atoms with Crippen LogP contribution in [0.3, 0.4) is 0 Å². The number of methoxy groups -OCH3 is 1. The summed E-state index contributed by atoms with van der Waals surface area (Å²) in [5.41, 5.74) is 6.61. The third-order valence-corrected chi connectivity index (χ3v) is 3.49. The summed E-state index contributed by atoms with van der Waals surface area (Å²) in [6, 6.07) is 3.67. The number of aliphatic hydroxyl groups is 1. The quantitative estimate of drug-likeness (QED) is 0.770. The maximum Gasteiger partial charge on any atom is 0.218 e. The molecule has 1 aromatic rings. The molecule has 0 bridgehead atoms. The van der Waals surface area contributed by atoms with Gasteiger partial charge in [-0.25, -0.2) is 4.98 Å². The number of nitrogens with two attached hydrogens (primary N) is 1. The number of likely N-dealkylation sites (N-methyl/N-ethyl adjacent to an activating group) is 1. The zero-order valence-corrected chi connectivity index (χ0v) is 12.3. The van der Waals surface area contributed by atoms with Crippen LogP contribution in [0, 0.1) is 0 Å². The van der Waals surface area contributed by atoms with Crippen molar-refractivity contribution in [3.63, 3.8) is 0 Å². The maximum absolute atomic E-state index is 9.13. The molecule has 0 aliphatic carbocycles. The number of aromatic nitrogens is 1. The second kappa shape index (κ2) is 6.84. The predicted octanol–water partition coefficient (Wildman–Crippen LogP) is 0.967. The molecule has 1 atom stereocenters. The summed E-state index contributed by atoms with van der Waals surface area (Å²) < 4.78 is 5.34. The first-order chi connectivity index (χ1) is 8.97. The van der Waals surface area contributed by atoms with Gasteiger partial charge in [-0.05, 0) is 26.5 Å². The first kappa shape index (κ1) is 15.9. The van der Waals surface area contributed by atoms with Gasteiger partial charge in [-0.3, -0.25) is 4.90 Å². The SMILES string of the molecule is CCN(C[C@@H](N)CO)C(C)(C)c1cccnc1OC. The Morgan fingerprint density at radius 3 is 2.74 bits per heavy atom. The van der Waals surface area contributed by atoms with Crippen LogP contribution >= 0.6 is 0 Å².